The van der Waals surface area contributed by atoms with Crippen LogP contribution in [0, 0.1) is 0 Å². The molecule has 2 amide bonds. The third kappa shape index (κ3) is 4.72. The standard InChI is InChI=1S/C9H14N6O3/c10-7(16)5-18-2-1-12-9(17)6-3-14-8(15-11)4-13-6/h3-4H,1-2,5,11H2,(H2,10,16)(H,12,17)(H,14,15). The van der Waals surface area contributed by atoms with E-state index in [1.54, 1.807) is 0 Å². The minimum Gasteiger partial charge on any atom is -0.370 e. The van der Waals surface area contributed by atoms with E-state index in [-0.39, 0.29) is 25.5 Å². The maximum Gasteiger partial charge on any atom is 0.271 e. The van der Waals surface area contributed by atoms with Gasteiger partial charge in [0.1, 0.15) is 12.3 Å². The van der Waals surface area contributed by atoms with E-state index in [0.29, 0.717) is 5.82 Å². The Bertz CT molecular complexity index is 407. The number of hydrazine groups is 1. The number of rotatable bonds is 7. The number of carbonyl (C=O) groups excluding carboxylic acids is 2. The number of nitrogens with zero attached hydrogens (tertiary/aromatic N) is 2. The van der Waals surface area contributed by atoms with Gasteiger partial charge in [-0.3, -0.25) is 9.59 Å². The second kappa shape index (κ2) is 7.14. The average Bonchev–Trinajstić information content (AvgIpc) is 2.38. The molecule has 0 aliphatic carbocycles. The zero-order valence-corrected chi connectivity index (χ0v) is 9.55. The molecule has 0 aliphatic rings. The molecule has 0 spiro atoms. The van der Waals surface area contributed by atoms with Crippen molar-refractivity contribution in [2.75, 3.05) is 25.2 Å². The molecule has 0 fully saturated rings. The molecule has 1 rings (SSSR count). The van der Waals surface area contributed by atoms with Crippen LogP contribution in [0.2, 0.25) is 0 Å². The number of hydrogen-bond donors (Lipinski definition) is 4. The molecule has 0 aromatic carbocycles. The van der Waals surface area contributed by atoms with Crippen LogP contribution in [0.4, 0.5) is 5.82 Å². The highest BCUT2D eigenvalue weighted by molar-refractivity contribution is 5.91. The van der Waals surface area contributed by atoms with Crippen molar-refractivity contribution in [3.05, 3.63) is 18.1 Å². The molecule has 1 aromatic rings. The van der Waals surface area contributed by atoms with Crippen LogP contribution in [0.25, 0.3) is 0 Å². The third-order valence-corrected chi connectivity index (χ3v) is 1.81. The first-order valence-electron chi connectivity index (χ1n) is 5.06. The fraction of sp³-hybridized carbons (Fsp3) is 0.333. The molecule has 9 nitrogen and oxygen atoms in total. The molecule has 0 saturated heterocycles. The topological polar surface area (TPSA) is 145 Å². The molecule has 1 heterocycles. The molecule has 18 heavy (non-hydrogen) atoms. The fourth-order valence-corrected chi connectivity index (χ4v) is 1.02. The number of nitrogens with two attached hydrogens (primary N) is 2. The average molecular weight is 254 g/mol. The molecular formula is C9H14N6O3. The first-order chi connectivity index (χ1) is 8.63. The second-order valence-electron chi connectivity index (χ2n) is 3.21. The van der Waals surface area contributed by atoms with E-state index < -0.39 is 11.8 Å². The fourth-order valence-electron chi connectivity index (χ4n) is 1.02. The zero-order chi connectivity index (χ0) is 13.4. The van der Waals surface area contributed by atoms with Gasteiger partial charge >= 0.3 is 0 Å². The maximum atomic E-state index is 11.5. The van der Waals surface area contributed by atoms with Crippen molar-refractivity contribution in [1.82, 2.24) is 15.3 Å². The molecule has 0 unspecified atom stereocenters. The molecule has 9 heteroatoms. The molecule has 0 atom stereocenters. The Morgan fingerprint density at radius 1 is 1.33 bits per heavy atom. The summed E-state index contributed by atoms with van der Waals surface area (Å²) in [7, 11) is 0. The van der Waals surface area contributed by atoms with Gasteiger partial charge in [-0.25, -0.2) is 15.8 Å². The summed E-state index contributed by atoms with van der Waals surface area (Å²) in [6.07, 6.45) is 2.62. The number of nitrogen functional groups attached to an aromatic ring is 1. The lowest BCUT2D eigenvalue weighted by atomic mass is 10.4. The number of aromatic nitrogens is 2. The first kappa shape index (κ1) is 13.8. The van der Waals surface area contributed by atoms with Crippen LogP contribution in [0.3, 0.4) is 0 Å². The Labute approximate surface area is 103 Å². The van der Waals surface area contributed by atoms with Gasteiger partial charge in [-0.1, -0.05) is 0 Å². The van der Waals surface area contributed by atoms with Crippen LogP contribution in [0.1, 0.15) is 10.5 Å². The summed E-state index contributed by atoms with van der Waals surface area (Å²) in [4.78, 5) is 29.6. The van der Waals surface area contributed by atoms with E-state index in [9.17, 15) is 9.59 Å². The van der Waals surface area contributed by atoms with Crippen molar-refractivity contribution in [2.45, 2.75) is 0 Å². The molecule has 0 saturated carbocycles. The van der Waals surface area contributed by atoms with Gasteiger partial charge in [0.15, 0.2) is 5.82 Å². The van der Waals surface area contributed by atoms with Crippen LogP contribution in [-0.4, -0.2) is 41.5 Å². The lowest BCUT2D eigenvalue weighted by Gasteiger charge is -2.05. The quantitative estimate of drug-likeness (QED) is 0.250. The summed E-state index contributed by atoms with van der Waals surface area (Å²) in [6.45, 7) is 0.252. The van der Waals surface area contributed by atoms with Crippen LogP contribution in [0.5, 0.6) is 0 Å². The number of primary amides is 1. The highest BCUT2D eigenvalue weighted by Gasteiger charge is 2.06. The van der Waals surface area contributed by atoms with Crippen LogP contribution in [0.15, 0.2) is 12.4 Å². The molecule has 0 radical (unpaired) electrons. The van der Waals surface area contributed by atoms with Crippen molar-refractivity contribution in [2.24, 2.45) is 11.6 Å². The van der Waals surface area contributed by atoms with Gasteiger partial charge in [0, 0.05) is 6.54 Å². The molecule has 1 aromatic heterocycles. The highest BCUT2D eigenvalue weighted by Crippen LogP contribution is 1.98. The van der Waals surface area contributed by atoms with Gasteiger partial charge < -0.3 is 21.2 Å². The van der Waals surface area contributed by atoms with Gasteiger partial charge in [-0.2, -0.15) is 0 Å². The molecule has 0 bridgehead atoms. The van der Waals surface area contributed by atoms with Crippen LogP contribution >= 0.6 is 0 Å². The summed E-state index contributed by atoms with van der Waals surface area (Å²) in [6, 6.07) is 0. The molecule has 0 aliphatic heterocycles. The van der Waals surface area contributed by atoms with E-state index in [2.05, 4.69) is 20.7 Å². The lowest BCUT2D eigenvalue weighted by molar-refractivity contribution is -0.122. The third-order valence-electron chi connectivity index (χ3n) is 1.81. The first-order valence-corrected chi connectivity index (χ1v) is 5.06. The van der Waals surface area contributed by atoms with E-state index in [4.69, 9.17) is 16.3 Å². The second-order valence-corrected chi connectivity index (χ2v) is 3.21. The van der Waals surface area contributed by atoms with Gasteiger partial charge in [0.2, 0.25) is 5.91 Å². The Hall–Kier alpha value is -2.26. The normalized spacial score (nSPS) is 9.83. The SMILES string of the molecule is NNc1cnc(C(=O)NCCOCC(N)=O)cn1. The Morgan fingerprint density at radius 2 is 2.11 bits per heavy atom. The highest BCUT2D eigenvalue weighted by atomic mass is 16.5. The minimum atomic E-state index is -0.558. The molecular weight excluding hydrogens is 240 g/mol. The van der Waals surface area contributed by atoms with E-state index in [1.807, 2.05) is 0 Å². The van der Waals surface area contributed by atoms with Crippen molar-refractivity contribution in [3.8, 4) is 0 Å². The Balaban J connectivity index is 2.29. The van der Waals surface area contributed by atoms with Crippen LogP contribution < -0.4 is 22.3 Å². The number of amides is 2. The van der Waals surface area contributed by atoms with E-state index in [1.165, 1.54) is 12.4 Å². The number of anilines is 1. The summed E-state index contributed by atoms with van der Waals surface area (Å²) in [5.41, 5.74) is 7.32. The maximum absolute atomic E-state index is 11.5. The smallest absolute Gasteiger partial charge is 0.271 e. The predicted molar refractivity (Wildman–Crippen MR) is 62.2 cm³/mol. The molecule has 98 valence electrons. The number of ether oxygens (including phenoxy) is 1. The van der Waals surface area contributed by atoms with E-state index in [0.717, 1.165) is 0 Å². The van der Waals surface area contributed by atoms with E-state index >= 15 is 0 Å². The lowest BCUT2D eigenvalue weighted by Crippen LogP contribution is -2.29. The van der Waals surface area contributed by atoms with Gasteiger partial charge in [0.05, 0.1) is 19.0 Å². The van der Waals surface area contributed by atoms with Gasteiger partial charge in [-0.05, 0) is 0 Å². The predicted octanol–water partition coefficient (Wildman–Crippen LogP) is -2.01. The summed E-state index contributed by atoms with van der Waals surface area (Å²) < 4.78 is 4.87. The summed E-state index contributed by atoms with van der Waals surface area (Å²) in [5.74, 6) is 4.51. The molecule has 6 N–H and O–H groups in total. The van der Waals surface area contributed by atoms with Gasteiger partial charge in [0.25, 0.3) is 5.91 Å². The monoisotopic (exact) mass is 254 g/mol. The zero-order valence-electron chi connectivity index (χ0n) is 9.55. The van der Waals surface area contributed by atoms with Crippen LogP contribution in [-0.2, 0) is 9.53 Å². The summed E-state index contributed by atoms with van der Waals surface area (Å²) >= 11 is 0. The number of nitrogens with one attached hydrogen (secondary N) is 2. The number of carbonyl (C=O) groups is 2. The van der Waals surface area contributed by atoms with Crippen molar-refractivity contribution < 1.29 is 14.3 Å². The van der Waals surface area contributed by atoms with Crippen molar-refractivity contribution >= 4 is 17.6 Å². The van der Waals surface area contributed by atoms with Gasteiger partial charge in [-0.15, -0.1) is 0 Å². The van der Waals surface area contributed by atoms with Crippen molar-refractivity contribution in [1.29, 1.82) is 0 Å². The van der Waals surface area contributed by atoms with Crippen molar-refractivity contribution in [3.63, 3.8) is 0 Å². The summed E-state index contributed by atoms with van der Waals surface area (Å²) in [5, 5.41) is 2.54. The number of hydrogen-bond acceptors (Lipinski definition) is 7. The Kier molecular flexibility index (Phi) is 5.48. The largest absolute Gasteiger partial charge is 0.370 e. The minimum absolute atomic E-state index is 0.156. The Morgan fingerprint density at radius 3 is 2.67 bits per heavy atom.